The summed E-state index contributed by atoms with van der Waals surface area (Å²) < 4.78 is 6.12. The number of fused-ring (bicyclic) bond motifs is 2. The second-order valence-electron chi connectivity index (χ2n) is 6.22. The lowest BCUT2D eigenvalue weighted by Crippen LogP contribution is -2.15. The molecule has 0 atom stereocenters. The number of aryl methyl sites for hydroxylation is 1. The summed E-state index contributed by atoms with van der Waals surface area (Å²) in [5, 5.41) is 18.8. The molecule has 0 amide bonds. The Labute approximate surface area is 152 Å². The second-order valence-corrected chi connectivity index (χ2v) is 6.22. The van der Waals surface area contributed by atoms with Gasteiger partial charge in [-0.05, 0) is 31.2 Å². The summed E-state index contributed by atoms with van der Waals surface area (Å²) in [6, 6.07) is 23.7. The van der Waals surface area contributed by atoms with Gasteiger partial charge >= 0.3 is 0 Å². The monoisotopic (exact) mass is 337 g/mol. The molecule has 3 aromatic carbocycles. The van der Waals surface area contributed by atoms with Gasteiger partial charge in [-0.2, -0.15) is 10.5 Å². The molecule has 4 nitrogen and oxygen atoms in total. The smallest absolute Gasteiger partial charge is 0.152 e. The van der Waals surface area contributed by atoms with Crippen molar-refractivity contribution in [3.63, 3.8) is 0 Å². The molecule has 0 aliphatic carbocycles. The van der Waals surface area contributed by atoms with Crippen molar-refractivity contribution in [3.8, 4) is 23.6 Å². The Bertz CT molecular complexity index is 1070. The number of ether oxygens (including phenoxy) is 1. The van der Waals surface area contributed by atoms with E-state index in [9.17, 15) is 10.5 Å². The lowest BCUT2D eigenvalue weighted by atomic mass is 10.1. The van der Waals surface area contributed by atoms with Crippen LogP contribution >= 0.6 is 0 Å². The van der Waals surface area contributed by atoms with Crippen molar-refractivity contribution >= 4 is 11.4 Å². The number of benzene rings is 3. The highest BCUT2D eigenvalue weighted by molar-refractivity contribution is 5.75. The normalized spacial score (nSPS) is 12.0. The van der Waals surface area contributed by atoms with Crippen LogP contribution in [-0.4, -0.2) is 0 Å². The van der Waals surface area contributed by atoms with Crippen LogP contribution in [0.4, 0.5) is 11.4 Å². The Morgan fingerprint density at radius 2 is 1.58 bits per heavy atom. The lowest BCUT2D eigenvalue weighted by Gasteiger charge is -2.24. The second kappa shape index (κ2) is 6.27. The number of nitrogens with zero attached hydrogens (tertiary/aromatic N) is 3. The summed E-state index contributed by atoms with van der Waals surface area (Å²) in [4.78, 5) is 2.11. The van der Waals surface area contributed by atoms with Crippen LogP contribution in [0.2, 0.25) is 0 Å². The van der Waals surface area contributed by atoms with Crippen LogP contribution in [0.3, 0.4) is 0 Å². The van der Waals surface area contributed by atoms with Crippen molar-refractivity contribution in [2.75, 3.05) is 4.90 Å². The van der Waals surface area contributed by atoms with Crippen LogP contribution in [0.15, 0.2) is 60.7 Å². The maximum atomic E-state index is 9.43. The van der Waals surface area contributed by atoms with E-state index >= 15 is 0 Å². The molecule has 0 fully saturated rings. The third-order valence-electron chi connectivity index (χ3n) is 4.50. The van der Waals surface area contributed by atoms with E-state index in [2.05, 4.69) is 41.3 Å². The average Bonchev–Trinajstić information content (AvgIpc) is 2.83. The number of para-hydroxylation sites is 1. The summed E-state index contributed by atoms with van der Waals surface area (Å²) in [5.74, 6) is 1.34. The molecule has 4 rings (SSSR count). The fourth-order valence-electron chi connectivity index (χ4n) is 3.11. The van der Waals surface area contributed by atoms with Crippen LogP contribution in [0, 0.1) is 29.6 Å². The van der Waals surface area contributed by atoms with Gasteiger partial charge in [-0.25, -0.2) is 0 Å². The Morgan fingerprint density at radius 3 is 2.31 bits per heavy atom. The first-order valence-electron chi connectivity index (χ1n) is 8.28. The van der Waals surface area contributed by atoms with E-state index in [-0.39, 0.29) is 0 Å². The summed E-state index contributed by atoms with van der Waals surface area (Å²) in [6.07, 6.45) is 0. The summed E-state index contributed by atoms with van der Waals surface area (Å²) in [5.41, 5.74) is 4.66. The lowest BCUT2D eigenvalue weighted by molar-refractivity contribution is 0.483. The molecule has 0 spiro atoms. The fourth-order valence-corrected chi connectivity index (χ4v) is 3.11. The van der Waals surface area contributed by atoms with E-state index in [1.165, 1.54) is 5.56 Å². The first kappa shape index (κ1) is 15.7. The summed E-state index contributed by atoms with van der Waals surface area (Å²) in [6.45, 7) is 2.66. The Balaban J connectivity index is 1.96. The zero-order valence-corrected chi connectivity index (χ0v) is 14.2. The van der Waals surface area contributed by atoms with Crippen LogP contribution in [-0.2, 0) is 6.54 Å². The molecule has 1 aliphatic rings. The SMILES string of the molecule is Cc1ccc(N2Cc3ccccc3Oc3cc(C#N)c(C#N)cc32)cc1. The summed E-state index contributed by atoms with van der Waals surface area (Å²) in [7, 11) is 0. The average molecular weight is 337 g/mol. The molecule has 0 unspecified atom stereocenters. The topological polar surface area (TPSA) is 60.0 Å². The number of rotatable bonds is 1. The van der Waals surface area contributed by atoms with Crippen molar-refractivity contribution in [2.45, 2.75) is 13.5 Å². The molecule has 1 heterocycles. The Morgan fingerprint density at radius 1 is 0.885 bits per heavy atom. The van der Waals surface area contributed by atoms with E-state index in [1.807, 2.05) is 31.2 Å². The zero-order valence-electron chi connectivity index (χ0n) is 14.2. The van der Waals surface area contributed by atoms with Crippen LogP contribution in [0.1, 0.15) is 22.3 Å². The van der Waals surface area contributed by atoms with Gasteiger partial charge in [0.2, 0.25) is 0 Å². The van der Waals surface area contributed by atoms with Crippen molar-refractivity contribution in [2.24, 2.45) is 0 Å². The van der Waals surface area contributed by atoms with Crippen molar-refractivity contribution < 1.29 is 4.74 Å². The molecule has 0 saturated carbocycles. The largest absolute Gasteiger partial charge is 0.455 e. The molecular formula is C22H15N3O. The van der Waals surface area contributed by atoms with Gasteiger partial charge < -0.3 is 9.64 Å². The van der Waals surface area contributed by atoms with Gasteiger partial charge in [0, 0.05) is 17.3 Å². The maximum absolute atomic E-state index is 9.43. The van der Waals surface area contributed by atoms with Crippen LogP contribution in [0.5, 0.6) is 11.5 Å². The predicted octanol–water partition coefficient (Wildman–Crippen LogP) is 5.18. The van der Waals surface area contributed by atoms with Crippen molar-refractivity contribution in [1.82, 2.24) is 0 Å². The molecule has 4 heteroatoms. The number of nitriles is 2. The fraction of sp³-hybridized carbons (Fsp3) is 0.0909. The third kappa shape index (κ3) is 2.64. The summed E-state index contributed by atoms with van der Waals surface area (Å²) >= 11 is 0. The molecule has 3 aromatic rings. The van der Waals surface area contributed by atoms with Gasteiger partial charge in [0.15, 0.2) is 5.75 Å². The van der Waals surface area contributed by atoms with E-state index in [0.717, 1.165) is 22.7 Å². The third-order valence-corrected chi connectivity index (χ3v) is 4.50. The van der Waals surface area contributed by atoms with E-state index < -0.39 is 0 Å². The molecule has 124 valence electrons. The number of hydrogen-bond acceptors (Lipinski definition) is 4. The minimum Gasteiger partial charge on any atom is -0.455 e. The van der Waals surface area contributed by atoms with Gasteiger partial charge in [-0.1, -0.05) is 35.9 Å². The molecule has 0 aromatic heterocycles. The van der Waals surface area contributed by atoms with E-state index in [1.54, 1.807) is 12.1 Å². The first-order chi connectivity index (χ1) is 12.7. The molecule has 0 N–H and O–H groups in total. The highest BCUT2D eigenvalue weighted by atomic mass is 16.5. The molecular weight excluding hydrogens is 322 g/mol. The van der Waals surface area contributed by atoms with Crippen molar-refractivity contribution in [1.29, 1.82) is 10.5 Å². The molecule has 26 heavy (non-hydrogen) atoms. The number of anilines is 2. The van der Waals surface area contributed by atoms with E-state index in [0.29, 0.717) is 23.4 Å². The molecule has 0 radical (unpaired) electrons. The van der Waals surface area contributed by atoms with Gasteiger partial charge in [-0.15, -0.1) is 0 Å². The maximum Gasteiger partial charge on any atom is 0.152 e. The Kier molecular flexibility index (Phi) is 3.80. The van der Waals surface area contributed by atoms with Gasteiger partial charge in [0.25, 0.3) is 0 Å². The van der Waals surface area contributed by atoms with Crippen LogP contribution in [0.25, 0.3) is 0 Å². The minimum absolute atomic E-state index is 0.314. The zero-order chi connectivity index (χ0) is 18.1. The quantitative estimate of drug-likeness (QED) is 0.613. The number of hydrogen-bond donors (Lipinski definition) is 0. The minimum atomic E-state index is 0.314. The molecule has 1 aliphatic heterocycles. The van der Waals surface area contributed by atoms with Crippen LogP contribution < -0.4 is 9.64 Å². The Hall–Kier alpha value is -3.76. The van der Waals surface area contributed by atoms with Gasteiger partial charge in [-0.3, -0.25) is 0 Å². The molecule has 0 bridgehead atoms. The highest BCUT2D eigenvalue weighted by Crippen LogP contribution is 2.43. The first-order valence-corrected chi connectivity index (χ1v) is 8.28. The standard InChI is InChI=1S/C22H15N3O/c1-15-6-8-19(9-7-15)25-14-16-4-2-3-5-21(16)26-22-11-18(13-24)17(12-23)10-20(22)25/h2-11H,14H2,1H3. The molecule has 0 saturated heterocycles. The highest BCUT2D eigenvalue weighted by Gasteiger charge is 2.24. The predicted molar refractivity (Wildman–Crippen MR) is 99.4 cm³/mol. The van der Waals surface area contributed by atoms with E-state index in [4.69, 9.17) is 4.74 Å². The van der Waals surface area contributed by atoms with Gasteiger partial charge in [0.05, 0.1) is 23.4 Å². The van der Waals surface area contributed by atoms with Gasteiger partial charge in [0.1, 0.15) is 17.9 Å². The van der Waals surface area contributed by atoms with Crippen molar-refractivity contribution in [3.05, 3.63) is 82.9 Å².